The predicted molar refractivity (Wildman–Crippen MR) is 100.0 cm³/mol. The number of amides is 1. The molecule has 2 aromatic rings. The maximum atomic E-state index is 12.4. The molecule has 0 bridgehead atoms. The van der Waals surface area contributed by atoms with Gasteiger partial charge in [-0.25, -0.2) is 0 Å². The molecule has 0 N–H and O–H groups in total. The van der Waals surface area contributed by atoms with Gasteiger partial charge in [-0.15, -0.1) is 0 Å². The molecule has 1 saturated heterocycles. The Labute approximate surface area is 160 Å². The largest absolute Gasteiger partial charge is 0.482 e. The van der Waals surface area contributed by atoms with Crippen LogP contribution in [0.25, 0.3) is 0 Å². The number of aromatic nitrogens is 2. The van der Waals surface area contributed by atoms with Crippen molar-refractivity contribution in [1.29, 1.82) is 0 Å². The molecule has 5 nitrogen and oxygen atoms in total. The number of hydrogen-bond acceptors (Lipinski definition) is 4. The second-order valence-corrected chi connectivity index (χ2v) is 7.43. The molecule has 0 atom stereocenters. The highest BCUT2D eigenvalue weighted by Gasteiger charge is 2.25. The van der Waals surface area contributed by atoms with Crippen molar-refractivity contribution < 1.29 is 9.53 Å². The second kappa shape index (κ2) is 8.15. The van der Waals surface area contributed by atoms with Crippen molar-refractivity contribution in [2.45, 2.75) is 25.7 Å². The molecule has 2 heterocycles. The topological polar surface area (TPSA) is 55.3 Å². The monoisotopic (exact) mass is 423 g/mol. The van der Waals surface area contributed by atoms with Gasteiger partial charge in [0.15, 0.2) is 6.61 Å². The van der Waals surface area contributed by atoms with Gasteiger partial charge in [-0.3, -0.25) is 14.8 Å². The normalized spacial score (nSPS) is 15.2. The van der Waals surface area contributed by atoms with Crippen LogP contribution in [0.1, 0.15) is 30.0 Å². The third-order valence-electron chi connectivity index (χ3n) is 4.38. The zero-order valence-corrected chi connectivity index (χ0v) is 16.3. The van der Waals surface area contributed by atoms with Gasteiger partial charge in [-0.05, 0) is 37.5 Å². The highest BCUT2D eigenvalue weighted by atomic mass is 79.9. The fourth-order valence-corrected chi connectivity index (χ4v) is 4.07. The number of benzene rings is 1. The maximum Gasteiger partial charge on any atom is 0.260 e. The molecular formula is C18H19BrClN3O2. The number of piperidine rings is 1. The van der Waals surface area contributed by atoms with E-state index in [4.69, 9.17) is 16.3 Å². The standard InChI is InChI=1S/C18H19BrClN3O2/c1-12-8-14(19)9-15(20)18(12)25-11-17(24)23-6-2-13(3-7-23)16-10-21-4-5-22-16/h4-5,8-10,13H,2-3,6-7,11H2,1H3. The molecule has 3 rings (SSSR count). The van der Waals surface area contributed by atoms with Gasteiger partial charge < -0.3 is 9.64 Å². The summed E-state index contributed by atoms with van der Waals surface area (Å²) < 4.78 is 6.57. The molecule has 1 aromatic carbocycles. The summed E-state index contributed by atoms with van der Waals surface area (Å²) in [5, 5.41) is 0.501. The number of hydrogen-bond donors (Lipinski definition) is 0. The van der Waals surface area contributed by atoms with Gasteiger partial charge >= 0.3 is 0 Å². The summed E-state index contributed by atoms with van der Waals surface area (Å²) in [6.45, 7) is 3.31. The highest BCUT2D eigenvalue weighted by molar-refractivity contribution is 9.10. The summed E-state index contributed by atoms with van der Waals surface area (Å²) in [6.07, 6.45) is 6.98. The van der Waals surface area contributed by atoms with Crippen molar-refractivity contribution >= 4 is 33.4 Å². The van der Waals surface area contributed by atoms with E-state index in [1.54, 1.807) is 18.5 Å². The number of halogens is 2. The van der Waals surface area contributed by atoms with Gasteiger partial charge in [0.1, 0.15) is 5.75 Å². The first-order valence-electron chi connectivity index (χ1n) is 8.16. The molecule has 7 heteroatoms. The minimum Gasteiger partial charge on any atom is -0.482 e. The number of likely N-dealkylation sites (tertiary alicyclic amines) is 1. The number of rotatable bonds is 4. The number of carbonyl (C=O) groups excluding carboxylic acids is 1. The number of ether oxygens (including phenoxy) is 1. The lowest BCUT2D eigenvalue weighted by Gasteiger charge is -2.31. The summed E-state index contributed by atoms with van der Waals surface area (Å²) in [5.74, 6) is 0.908. The Balaban J connectivity index is 1.53. The minimum atomic E-state index is -0.0176. The summed E-state index contributed by atoms with van der Waals surface area (Å²) in [5.41, 5.74) is 1.90. The van der Waals surface area contributed by atoms with Crippen molar-refractivity contribution in [3.05, 3.63) is 51.5 Å². The summed E-state index contributed by atoms with van der Waals surface area (Å²) in [6, 6.07) is 3.68. The van der Waals surface area contributed by atoms with Gasteiger partial charge in [-0.2, -0.15) is 0 Å². The maximum absolute atomic E-state index is 12.4. The van der Waals surface area contributed by atoms with E-state index in [0.717, 1.165) is 28.6 Å². The fraction of sp³-hybridized carbons (Fsp3) is 0.389. The molecule has 1 aliphatic rings. The number of carbonyl (C=O) groups is 1. The first-order chi connectivity index (χ1) is 12.0. The Morgan fingerprint density at radius 2 is 2.12 bits per heavy atom. The molecule has 0 spiro atoms. The molecular weight excluding hydrogens is 406 g/mol. The Hall–Kier alpha value is -1.66. The lowest BCUT2D eigenvalue weighted by Crippen LogP contribution is -2.40. The highest BCUT2D eigenvalue weighted by Crippen LogP contribution is 2.32. The molecule has 1 fully saturated rings. The van der Waals surface area contributed by atoms with Crippen molar-refractivity contribution in [3.8, 4) is 5.75 Å². The van der Waals surface area contributed by atoms with Gasteiger partial charge in [0, 0.05) is 42.1 Å². The zero-order valence-electron chi connectivity index (χ0n) is 13.9. The van der Waals surface area contributed by atoms with E-state index in [1.165, 1.54) is 0 Å². The van der Waals surface area contributed by atoms with Crippen LogP contribution < -0.4 is 4.74 Å². The summed E-state index contributed by atoms with van der Waals surface area (Å²) >= 11 is 9.59. The van der Waals surface area contributed by atoms with Crippen LogP contribution in [0.2, 0.25) is 5.02 Å². The summed E-state index contributed by atoms with van der Waals surface area (Å²) in [7, 11) is 0. The zero-order chi connectivity index (χ0) is 17.8. The van der Waals surface area contributed by atoms with E-state index >= 15 is 0 Å². The van der Waals surface area contributed by atoms with Gasteiger partial charge in [0.2, 0.25) is 0 Å². The minimum absolute atomic E-state index is 0.00198. The van der Waals surface area contributed by atoms with Crippen molar-refractivity contribution in [2.24, 2.45) is 0 Å². The van der Waals surface area contributed by atoms with Crippen LogP contribution in [0.15, 0.2) is 35.2 Å². The van der Waals surface area contributed by atoms with Gasteiger partial charge in [0.25, 0.3) is 5.91 Å². The van der Waals surface area contributed by atoms with Crippen LogP contribution in [-0.2, 0) is 4.79 Å². The smallest absolute Gasteiger partial charge is 0.260 e. The van der Waals surface area contributed by atoms with Crippen LogP contribution in [0.5, 0.6) is 5.75 Å². The molecule has 0 aliphatic carbocycles. The molecule has 1 aliphatic heterocycles. The predicted octanol–water partition coefficient (Wildman–Crippen LogP) is 3.99. The van der Waals surface area contributed by atoms with Crippen LogP contribution in [0, 0.1) is 6.92 Å². The second-order valence-electron chi connectivity index (χ2n) is 6.11. The van der Waals surface area contributed by atoms with E-state index in [1.807, 2.05) is 24.1 Å². The third-order valence-corrected chi connectivity index (χ3v) is 5.12. The summed E-state index contributed by atoms with van der Waals surface area (Å²) in [4.78, 5) is 22.8. The van der Waals surface area contributed by atoms with Crippen LogP contribution in [0.4, 0.5) is 0 Å². The third kappa shape index (κ3) is 4.50. The van der Waals surface area contributed by atoms with E-state index in [9.17, 15) is 4.79 Å². The van der Waals surface area contributed by atoms with Crippen LogP contribution >= 0.6 is 27.5 Å². The molecule has 1 aromatic heterocycles. The van der Waals surface area contributed by atoms with Crippen molar-refractivity contribution in [1.82, 2.24) is 14.9 Å². The quantitative estimate of drug-likeness (QED) is 0.745. The Kier molecular flexibility index (Phi) is 5.91. The fourth-order valence-electron chi connectivity index (χ4n) is 3.04. The van der Waals surface area contributed by atoms with Gasteiger partial charge in [-0.1, -0.05) is 27.5 Å². The Morgan fingerprint density at radius 1 is 1.36 bits per heavy atom. The SMILES string of the molecule is Cc1cc(Br)cc(Cl)c1OCC(=O)N1CCC(c2cnccn2)CC1. The number of nitrogens with zero attached hydrogens (tertiary/aromatic N) is 3. The van der Waals surface area contributed by atoms with E-state index in [0.29, 0.717) is 29.8 Å². The van der Waals surface area contributed by atoms with Gasteiger partial charge in [0.05, 0.1) is 10.7 Å². The molecule has 0 saturated carbocycles. The lowest BCUT2D eigenvalue weighted by atomic mass is 9.94. The van der Waals surface area contributed by atoms with E-state index in [2.05, 4.69) is 25.9 Å². The molecule has 25 heavy (non-hydrogen) atoms. The van der Waals surface area contributed by atoms with E-state index < -0.39 is 0 Å². The average Bonchev–Trinajstić information content (AvgIpc) is 2.61. The molecule has 132 valence electrons. The lowest BCUT2D eigenvalue weighted by molar-refractivity contribution is -0.134. The number of aryl methyl sites for hydroxylation is 1. The van der Waals surface area contributed by atoms with Crippen molar-refractivity contribution in [3.63, 3.8) is 0 Å². The first kappa shape index (κ1) is 18.1. The van der Waals surface area contributed by atoms with E-state index in [-0.39, 0.29) is 12.5 Å². The first-order valence-corrected chi connectivity index (χ1v) is 9.34. The van der Waals surface area contributed by atoms with Crippen molar-refractivity contribution in [2.75, 3.05) is 19.7 Å². The molecule has 0 radical (unpaired) electrons. The molecule has 0 unspecified atom stereocenters. The molecule has 1 amide bonds. The van der Waals surface area contributed by atoms with Crippen LogP contribution in [-0.4, -0.2) is 40.5 Å². The Morgan fingerprint density at radius 3 is 2.76 bits per heavy atom. The Bertz CT molecular complexity index is 726. The average molecular weight is 425 g/mol. The van der Waals surface area contributed by atoms with Crippen LogP contribution in [0.3, 0.4) is 0 Å².